The normalized spacial score (nSPS) is 38.7. The predicted octanol–water partition coefficient (Wildman–Crippen LogP) is 1.23. The molecule has 2 amide bonds. The average molecular weight is 181 g/mol. The third-order valence-electron chi connectivity index (χ3n) is 3.67. The highest BCUT2D eigenvalue weighted by Gasteiger charge is 2.54. The molecule has 0 aromatic rings. The summed E-state index contributed by atoms with van der Waals surface area (Å²) in [6.45, 7) is 2.01. The number of imide groups is 1. The Balaban J connectivity index is 2.35. The zero-order valence-corrected chi connectivity index (χ0v) is 7.93. The van der Waals surface area contributed by atoms with Crippen LogP contribution >= 0.6 is 0 Å². The summed E-state index contributed by atoms with van der Waals surface area (Å²) in [4.78, 5) is 23.1. The lowest BCUT2D eigenvalue weighted by atomic mass is 9.66. The fourth-order valence-electron chi connectivity index (χ4n) is 2.80. The van der Waals surface area contributed by atoms with Crippen molar-refractivity contribution in [3.8, 4) is 0 Å². The number of hydrogen-bond acceptors (Lipinski definition) is 2. The summed E-state index contributed by atoms with van der Waals surface area (Å²) in [5.41, 5.74) is -0.338. The molecule has 13 heavy (non-hydrogen) atoms. The minimum atomic E-state index is -0.338. The summed E-state index contributed by atoms with van der Waals surface area (Å²) >= 11 is 0. The summed E-state index contributed by atoms with van der Waals surface area (Å²) in [5, 5.41) is 2.47. The number of hydrogen-bond donors (Lipinski definition) is 1. The Labute approximate surface area is 77.9 Å². The molecule has 2 rings (SSSR count). The molecular weight excluding hydrogens is 166 g/mol. The number of nitrogens with one attached hydrogen (secondary N) is 1. The smallest absolute Gasteiger partial charge is 0.233 e. The van der Waals surface area contributed by atoms with Gasteiger partial charge in [0.05, 0.1) is 11.3 Å². The zero-order chi connectivity index (χ0) is 9.47. The molecule has 3 heteroatoms. The average Bonchev–Trinajstić information content (AvgIpc) is 2.41. The molecule has 2 atom stereocenters. The lowest BCUT2D eigenvalue weighted by Crippen LogP contribution is -2.36. The van der Waals surface area contributed by atoms with E-state index in [0.29, 0.717) is 0 Å². The summed E-state index contributed by atoms with van der Waals surface area (Å²) in [6.07, 6.45) is 4.77. The predicted molar refractivity (Wildman–Crippen MR) is 47.8 cm³/mol. The second kappa shape index (κ2) is 2.82. The maximum atomic E-state index is 11.6. The molecule has 72 valence electrons. The van der Waals surface area contributed by atoms with E-state index in [4.69, 9.17) is 0 Å². The van der Waals surface area contributed by atoms with E-state index in [1.807, 2.05) is 6.92 Å². The van der Waals surface area contributed by atoms with Gasteiger partial charge in [0, 0.05) is 0 Å². The molecule has 1 aliphatic heterocycles. The Bertz CT molecular complexity index is 262. The number of fused-ring (bicyclic) bond motifs is 1. The van der Waals surface area contributed by atoms with Gasteiger partial charge >= 0.3 is 0 Å². The second-order valence-electron chi connectivity index (χ2n) is 4.13. The highest BCUT2D eigenvalue weighted by Crippen LogP contribution is 2.47. The highest BCUT2D eigenvalue weighted by molar-refractivity contribution is 6.07. The highest BCUT2D eigenvalue weighted by atomic mass is 16.2. The summed E-state index contributed by atoms with van der Waals surface area (Å²) in [5.74, 6) is -0.0880. The molecule has 2 unspecified atom stereocenters. The van der Waals surface area contributed by atoms with Crippen LogP contribution in [0.1, 0.15) is 39.0 Å². The summed E-state index contributed by atoms with van der Waals surface area (Å²) < 4.78 is 0. The largest absolute Gasteiger partial charge is 0.296 e. The van der Waals surface area contributed by atoms with E-state index in [9.17, 15) is 9.59 Å². The maximum absolute atomic E-state index is 11.6. The summed E-state index contributed by atoms with van der Waals surface area (Å²) in [6, 6.07) is 0. The van der Waals surface area contributed by atoms with Crippen LogP contribution in [0.4, 0.5) is 0 Å². The second-order valence-corrected chi connectivity index (χ2v) is 4.13. The number of amides is 2. The van der Waals surface area contributed by atoms with Crippen LogP contribution in [0.3, 0.4) is 0 Å². The van der Waals surface area contributed by atoms with Crippen LogP contribution in [-0.2, 0) is 9.59 Å². The molecule has 0 spiro atoms. The third-order valence-corrected chi connectivity index (χ3v) is 3.67. The van der Waals surface area contributed by atoms with Gasteiger partial charge in [0.15, 0.2) is 0 Å². The van der Waals surface area contributed by atoms with Crippen molar-refractivity contribution in [3.05, 3.63) is 0 Å². The monoisotopic (exact) mass is 181 g/mol. The molecule has 1 saturated carbocycles. The molecule has 1 heterocycles. The van der Waals surface area contributed by atoms with Gasteiger partial charge in [-0.1, -0.05) is 19.8 Å². The quantitative estimate of drug-likeness (QED) is 0.618. The lowest BCUT2D eigenvalue weighted by Gasteiger charge is -2.34. The van der Waals surface area contributed by atoms with Crippen molar-refractivity contribution in [3.63, 3.8) is 0 Å². The fraction of sp³-hybridized carbons (Fsp3) is 0.800. The molecule has 0 bridgehead atoms. The van der Waals surface area contributed by atoms with Crippen LogP contribution in [-0.4, -0.2) is 11.8 Å². The van der Waals surface area contributed by atoms with Crippen LogP contribution in [0.25, 0.3) is 0 Å². The van der Waals surface area contributed by atoms with E-state index in [0.717, 1.165) is 32.1 Å². The first-order valence-corrected chi connectivity index (χ1v) is 5.06. The Hall–Kier alpha value is -0.860. The van der Waals surface area contributed by atoms with Crippen molar-refractivity contribution in [2.24, 2.45) is 11.3 Å². The van der Waals surface area contributed by atoms with Crippen LogP contribution in [0.15, 0.2) is 0 Å². The van der Waals surface area contributed by atoms with Gasteiger partial charge in [-0.3, -0.25) is 14.9 Å². The van der Waals surface area contributed by atoms with Gasteiger partial charge in [0.25, 0.3) is 0 Å². The summed E-state index contributed by atoms with van der Waals surface area (Å²) in [7, 11) is 0. The number of rotatable bonds is 1. The molecular formula is C10H15NO2. The fourth-order valence-corrected chi connectivity index (χ4v) is 2.80. The van der Waals surface area contributed by atoms with Crippen molar-refractivity contribution in [2.45, 2.75) is 39.0 Å². The van der Waals surface area contributed by atoms with E-state index in [-0.39, 0.29) is 23.1 Å². The molecule has 1 aliphatic carbocycles. The Morgan fingerprint density at radius 2 is 2.23 bits per heavy atom. The molecule has 2 fully saturated rings. The van der Waals surface area contributed by atoms with E-state index < -0.39 is 0 Å². The Kier molecular flexibility index (Phi) is 1.90. The first-order valence-electron chi connectivity index (χ1n) is 5.06. The number of carbonyl (C=O) groups is 2. The maximum Gasteiger partial charge on any atom is 0.233 e. The third kappa shape index (κ3) is 1.02. The molecule has 2 aliphatic rings. The molecule has 0 aromatic carbocycles. The molecule has 0 radical (unpaired) electrons. The minimum absolute atomic E-state index is 0.0234. The van der Waals surface area contributed by atoms with Crippen LogP contribution in [0, 0.1) is 11.3 Å². The van der Waals surface area contributed by atoms with E-state index in [1.165, 1.54) is 0 Å². The first kappa shape index (κ1) is 8.73. The van der Waals surface area contributed by atoms with E-state index >= 15 is 0 Å². The Morgan fingerprint density at radius 3 is 2.85 bits per heavy atom. The van der Waals surface area contributed by atoms with E-state index in [2.05, 4.69) is 5.32 Å². The van der Waals surface area contributed by atoms with Crippen LogP contribution < -0.4 is 5.32 Å². The van der Waals surface area contributed by atoms with Crippen molar-refractivity contribution in [1.82, 2.24) is 5.32 Å². The molecule has 0 aromatic heterocycles. The van der Waals surface area contributed by atoms with Gasteiger partial charge in [-0.25, -0.2) is 0 Å². The van der Waals surface area contributed by atoms with Crippen molar-refractivity contribution in [2.75, 3.05) is 0 Å². The number of carbonyl (C=O) groups excluding carboxylic acids is 2. The van der Waals surface area contributed by atoms with Crippen LogP contribution in [0.2, 0.25) is 0 Å². The molecule has 1 saturated heterocycles. The van der Waals surface area contributed by atoms with Gasteiger partial charge in [-0.15, -0.1) is 0 Å². The minimum Gasteiger partial charge on any atom is -0.296 e. The van der Waals surface area contributed by atoms with Crippen LogP contribution in [0.5, 0.6) is 0 Å². The first-order chi connectivity index (χ1) is 6.20. The Morgan fingerprint density at radius 1 is 1.46 bits per heavy atom. The van der Waals surface area contributed by atoms with Gasteiger partial charge in [0.1, 0.15) is 0 Å². The molecule has 1 N–H and O–H groups in total. The van der Waals surface area contributed by atoms with Gasteiger partial charge < -0.3 is 0 Å². The van der Waals surface area contributed by atoms with Crippen molar-refractivity contribution < 1.29 is 9.59 Å². The van der Waals surface area contributed by atoms with Crippen molar-refractivity contribution >= 4 is 11.8 Å². The van der Waals surface area contributed by atoms with Gasteiger partial charge in [0.2, 0.25) is 11.8 Å². The zero-order valence-electron chi connectivity index (χ0n) is 7.93. The topological polar surface area (TPSA) is 46.2 Å². The standard InChI is InChI=1S/C10H15NO2/c1-2-10-6-4-3-5-7(10)8(12)11-9(10)13/h7H,2-6H2,1H3,(H,11,12,13). The van der Waals surface area contributed by atoms with Gasteiger partial charge in [-0.2, -0.15) is 0 Å². The van der Waals surface area contributed by atoms with E-state index in [1.54, 1.807) is 0 Å². The SMILES string of the molecule is CCC12CCCCC1C(=O)NC2=O. The molecule has 3 nitrogen and oxygen atoms in total. The lowest BCUT2D eigenvalue weighted by molar-refractivity contribution is -0.130. The van der Waals surface area contributed by atoms with Gasteiger partial charge in [-0.05, 0) is 19.3 Å². The van der Waals surface area contributed by atoms with Crippen molar-refractivity contribution in [1.29, 1.82) is 0 Å².